The maximum absolute atomic E-state index is 12.4. The smallest absolute Gasteiger partial charge is 0.251 e. The third-order valence-electron chi connectivity index (χ3n) is 3.41. The molecule has 2 rings (SSSR count). The van der Waals surface area contributed by atoms with Gasteiger partial charge in [0, 0.05) is 6.07 Å². The van der Waals surface area contributed by atoms with Gasteiger partial charge in [-0.1, -0.05) is 11.6 Å². The lowest BCUT2D eigenvalue weighted by Crippen LogP contribution is -2.32. The van der Waals surface area contributed by atoms with E-state index in [9.17, 15) is 9.59 Å². The first-order valence-corrected chi connectivity index (χ1v) is 8.49. The van der Waals surface area contributed by atoms with Crippen LogP contribution in [0.1, 0.15) is 17.3 Å². The Morgan fingerprint density at radius 2 is 1.92 bits per heavy atom. The van der Waals surface area contributed by atoms with Crippen molar-refractivity contribution in [3.05, 3.63) is 34.2 Å². The summed E-state index contributed by atoms with van der Waals surface area (Å²) < 4.78 is 10.4. The third-order valence-corrected chi connectivity index (χ3v) is 4.53. The molecule has 2 amide bonds. The number of primary amides is 1. The number of thiophene rings is 1. The molecular weight excluding hydrogens is 366 g/mol. The molecule has 1 aromatic carbocycles. The molecule has 0 aliphatic carbocycles. The Bertz CT molecular complexity index is 794. The van der Waals surface area contributed by atoms with Crippen molar-refractivity contribution in [1.82, 2.24) is 0 Å². The number of halogens is 1. The van der Waals surface area contributed by atoms with Gasteiger partial charge < -0.3 is 25.8 Å². The number of nitrogens with two attached hydrogens (primary N) is 1. The van der Waals surface area contributed by atoms with Crippen LogP contribution in [0.2, 0.25) is 5.02 Å². The van der Waals surface area contributed by atoms with E-state index in [-0.39, 0.29) is 11.5 Å². The van der Waals surface area contributed by atoms with Gasteiger partial charge in [0.2, 0.25) is 5.91 Å². The molecule has 0 saturated carbocycles. The number of nitrogens with one attached hydrogen (secondary N) is 2. The molecule has 0 radical (unpaired) electrons. The minimum absolute atomic E-state index is 0.274. The van der Waals surface area contributed by atoms with Crippen molar-refractivity contribution in [3.8, 4) is 11.5 Å². The molecule has 0 aliphatic rings. The molecule has 25 heavy (non-hydrogen) atoms. The maximum Gasteiger partial charge on any atom is 0.251 e. The lowest BCUT2D eigenvalue weighted by molar-refractivity contribution is -0.116. The molecule has 1 heterocycles. The predicted octanol–water partition coefficient (Wildman–Crippen LogP) is 2.96. The van der Waals surface area contributed by atoms with Crippen molar-refractivity contribution >= 4 is 45.4 Å². The molecule has 134 valence electrons. The summed E-state index contributed by atoms with van der Waals surface area (Å²) in [5, 5.41) is 8.18. The summed E-state index contributed by atoms with van der Waals surface area (Å²) in [6.45, 7) is 1.67. The number of hydrogen-bond donors (Lipinski definition) is 3. The molecule has 0 spiro atoms. The van der Waals surface area contributed by atoms with Crippen LogP contribution < -0.4 is 25.8 Å². The van der Waals surface area contributed by atoms with Crippen molar-refractivity contribution in [2.75, 3.05) is 24.9 Å². The molecule has 1 unspecified atom stereocenters. The number of benzene rings is 1. The second-order valence-corrected chi connectivity index (χ2v) is 6.39. The summed E-state index contributed by atoms with van der Waals surface area (Å²) in [4.78, 5) is 23.7. The van der Waals surface area contributed by atoms with Crippen LogP contribution in [0.25, 0.3) is 0 Å². The molecule has 7 nitrogen and oxygen atoms in total. The highest BCUT2D eigenvalue weighted by Crippen LogP contribution is 2.36. The maximum atomic E-state index is 12.4. The molecule has 0 saturated heterocycles. The Morgan fingerprint density at radius 3 is 2.52 bits per heavy atom. The van der Waals surface area contributed by atoms with Gasteiger partial charge in [-0.15, -0.1) is 11.3 Å². The second-order valence-electron chi connectivity index (χ2n) is 5.07. The minimum Gasteiger partial charge on any atom is -0.495 e. The van der Waals surface area contributed by atoms with Crippen molar-refractivity contribution in [2.45, 2.75) is 13.0 Å². The van der Waals surface area contributed by atoms with Crippen LogP contribution in [0.15, 0.2) is 23.6 Å². The van der Waals surface area contributed by atoms with Crippen molar-refractivity contribution in [3.63, 3.8) is 0 Å². The van der Waals surface area contributed by atoms with E-state index in [0.29, 0.717) is 27.2 Å². The lowest BCUT2D eigenvalue weighted by atomic mass is 10.2. The number of anilines is 2. The fraction of sp³-hybridized carbons (Fsp3) is 0.250. The van der Waals surface area contributed by atoms with E-state index in [1.165, 1.54) is 25.6 Å². The number of carbonyl (C=O) groups excluding carboxylic acids is 2. The Morgan fingerprint density at radius 1 is 1.24 bits per heavy atom. The Labute approximate surface area is 154 Å². The number of rotatable bonds is 7. The summed E-state index contributed by atoms with van der Waals surface area (Å²) in [6, 6.07) is 4.18. The molecule has 0 bridgehead atoms. The third kappa shape index (κ3) is 4.34. The van der Waals surface area contributed by atoms with Crippen LogP contribution in [0.5, 0.6) is 11.5 Å². The van der Waals surface area contributed by atoms with Crippen molar-refractivity contribution in [1.29, 1.82) is 0 Å². The van der Waals surface area contributed by atoms with Gasteiger partial charge in [-0.25, -0.2) is 0 Å². The van der Waals surface area contributed by atoms with Crippen LogP contribution >= 0.6 is 22.9 Å². The van der Waals surface area contributed by atoms with Crippen LogP contribution in [-0.2, 0) is 4.79 Å². The summed E-state index contributed by atoms with van der Waals surface area (Å²) in [6.07, 6.45) is 0. The average Bonchev–Trinajstić information content (AvgIpc) is 3.03. The minimum atomic E-state index is -0.624. The topological polar surface area (TPSA) is 103 Å². The quantitative estimate of drug-likeness (QED) is 0.682. The molecule has 4 N–H and O–H groups in total. The average molecular weight is 384 g/mol. The highest BCUT2D eigenvalue weighted by molar-refractivity contribution is 7.14. The van der Waals surface area contributed by atoms with E-state index in [0.717, 1.165) is 0 Å². The molecule has 0 fully saturated rings. The molecule has 9 heteroatoms. The van der Waals surface area contributed by atoms with Gasteiger partial charge in [-0.2, -0.15) is 0 Å². The zero-order valence-electron chi connectivity index (χ0n) is 13.9. The zero-order valence-corrected chi connectivity index (χ0v) is 15.5. The van der Waals surface area contributed by atoms with Gasteiger partial charge in [0.05, 0.1) is 30.5 Å². The first-order valence-electron chi connectivity index (χ1n) is 7.23. The molecule has 2 aromatic rings. The van der Waals surface area contributed by atoms with Crippen LogP contribution in [0.3, 0.4) is 0 Å². The first kappa shape index (κ1) is 18.9. The van der Waals surface area contributed by atoms with Gasteiger partial charge in [0.1, 0.15) is 22.5 Å². The first-order chi connectivity index (χ1) is 11.9. The summed E-state index contributed by atoms with van der Waals surface area (Å²) in [7, 11) is 3.00. The van der Waals surface area contributed by atoms with E-state index >= 15 is 0 Å². The van der Waals surface area contributed by atoms with Crippen molar-refractivity contribution < 1.29 is 19.1 Å². The van der Waals surface area contributed by atoms with Gasteiger partial charge >= 0.3 is 0 Å². The number of methoxy groups -OCH3 is 2. The number of hydrogen-bond acceptors (Lipinski definition) is 6. The van der Waals surface area contributed by atoms with E-state index in [1.807, 2.05) is 0 Å². The number of ether oxygens (including phenoxy) is 2. The monoisotopic (exact) mass is 383 g/mol. The highest BCUT2D eigenvalue weighted by Gasteiger charge is 2.19. The Kier molecular flexibility index (Phi) is 6.11. The Hall–Kier alpha value is -2.45. The zero-order chi connectivity index (χ0) is 18.6. The van der Waals surface area contributed by atoms with Crippen LogP contribution in [-0.4, -0.2) is 32.1 Å². The van der Waals surface area contributed by atoms with E-state index in [4.69, 9.17) is 26.8 Å². The Balaban J connectivity index is 2.14. The predicted molar refractivity (Wildman–Crippen MR) is 99.1 cm³/mol. The fourth-order valence-corrected chi connectivity index (χ4v) is 3.13. The van der Waals surface area contributed by atoms with E-state index < -0.39 is 11.9 Å². The van der Waals surface area contributed by atoms with Gasteiger partial charge in [-0.3, -0.25) is 9.59 Å². The second kappa shape index (κ2) is 8.09. The molecule has 1 aromatic heterocycles. The highest BCUT2D eigenvalue weighted by atomic mass is 35.5. The summed E-state index contributed by atoms with van der Waals surface area (Å²) in [5.41, 5.74) is 6.09. The normalized spacial score (nSPS) is 11.5. The molecule has 1 atom stereocenters. The molecular formula is C16H18ClN3O4S. The van der Waals surface area contributed by atoms with Crippen LogP contribution in [0.4, 0.5) is 10.7 Å². The van der Waals surface area contributed by atoms with E-state index in [2.05, 4.69) is 10.6 Å². The standard InChI is InChI=1S/C16H18ClN3O4S/c1-8(15(22)20-16-9(14(18)21)4-5-25-16)19-11-6-10(17)12(23-2)7-13(11)24-3/h4-8,19H,1-3H3,(H2,18,21)(H,20,22). The van der Waals surface area contributed by atoms with Gasteiger partial charge in [0.25, 0.3) is 5.91 Å². The van der Waals surface area contributed by atoms with Gasteiger partial charge in [0.15, 0.2) is 0 Å². The largest absolute Gasteiger partial charge is 0.495 e. The SMILES string of the molecule is COc1cc(OC)c(NC(C)C(=O)Nc2sccc2C(N)=O)cc1Cl. The fourth-order valence-electron chi connectivity index (χ4n) is 2.09. The number of carbonyl (C=O) groups is 2. The van der Waals surface area contributed by atoms with E-state index in [1.54, 1.807) is 30.5 Å². The van der Waals surface area contributed by atoms with Crippen molar-refractivity contribution in [2.24, 2.45) is 5.73 Å². The summed E-state index contributed by atoms with van der Waals surface area (Å²) >= 11 is 7.34. The van der Waals surface area contributed by atoms with Crippen LogP contribution in [0, 0.1) is 0 Å². The molecule has 0 aliphatic heterocycles. The summed E-state index contributed by atoms with van der Waals surface area (Å²) in [5.74, 6) is 0.0143. The lowest BCUT2D eigenvalue weighted by Gasteiger charge is -2.18. The number of amides is 2. The van der Waals surface area contributed by atoms with Gasteiger partial charge in [-0.05, 0) is 24.4 Å².